The van der Waals surface area contributed by atoms with Crippen molar-refractivity contribution in [3.8, 4) is 11.4 Å². The van der Waals surface area contributed by atoms with Gasteiger partial charge in [-0.1, -0.05) is 36.4 Å². The number of hydrogen-bond donors (Lipinski definition) is 1. The average Bonchev–Trinajstić information content (AvgIpc) is 3.62. The van der Waals surface area contributed by atoms with E-state index in [2.05, 4.69) is 20.7 Å². The SMILES string of the molecule is O=C(NC1CC1)C(c1ccc(F)cc1)N(C(=O)Cn1nnc(-c2ccc(C(F)(F)F)cc2)n1)c1ccccc1F. The van der Waals surface area contributed by atoms with Gasteiger partial charge in [0.05, 0.1) is 11.3 Å². The lowest BCUT2D eigenvalue weighted by atomic mass is 10.0. The van der Waals surface area contributed by atoms with Gasteiger partial charge in [0.2, 0.25) is 11.7 Å². The van der Waals surface area contributed by atoms with E-state index in [0.717, 1.165) is 52.9 Å². The topological polar surface area (TPSA) is 93.0 Å². The Bertz CT molecular complexity index is 1520. The van der Waals surface area contributed by atoms with E-state index < -0.39 is 47.8 Å². The Labute approximate surface area is 224 Å². The molecule has 1 aromatic heterocycles. The van der Waals surface area contributed by atoms with E-state index in [0.29, 0.717) is 0 Å². The molecule has 4 aromatic rings. The second-order valence-corrected chi connectivity index (χ2v) is 9.17. The van der Waals surface area contributed by atoms with E-state index in [4.69, 9.17) is 0 Å². The molecule has 1 unspecified atom stereocenters. The van der Waals surface area contributed by atoms with Gasteiger partial charge in [0.25, 0.3) is 5.91 Å². The summed E-state index contributed by atoms with van der Waals surface area (Å²) in [6.07, 6.45) is -3.00. The van der Waals surface area contributed by atoms with E-state index in [1.165, 1.54) is 42.5 Å². The minimum Gasteiger partial charge on any atom is -0.351 e. The van der Waals surface area contributed by atoms with Crippen molar-refractivity contribution in [2.45, 2.75) is 37.6 Å². The minimum absolute atomic E-state index is 0.0412. The maximum Gasteiger partial charge on any atom is 0.416 e. The maximum absolute atomic E-state index is 15.0. The summed E-state index contributed by atoms with van der Waals surface area (Å²) in [6.45, 7) is -0.587. The van der Waals surface area contributed by atoms with Crippen molar-refractivity contribution in [2.75, 3.05) is 4.90 Å². The first-order valence-electron chi connectivity index (χ1n) is 12.2. The Balaban J connectivity index is 1.47. The number of aromatic nitrogens is 4. The number of carbonyl (C=O) groups excluding carboxylic acids is 2. The molecular formula is C27H21F5N6O2. The standard InChI is InChI=1S/C27H21F5N6O2/c28-19-11-7-16(8-12-19)24(26(40)33-20-13-14-20)38(22-4-2-1-3-21(22)29)23(39)15-37-35-25(34-36-37)17-5-9-18(10-6-17)27(30,31)32/h1-12,20,24H,13-15H2,(H,33,40). The Hall–Kier alpha value is -4.68. The number of halogens is 5. The molecule has 8 nitrogen and oxygen atoms in total. The van der Waals surface area contributed by atoms with Gasteiger partial charge in [0.15, 0.2) is 0 Å². The number of amides is 2. The molecule has 1 aliphatic carbocycles. The number of rotatable bonds is 8. The first kappa shape index (κ1) is 26.9. The molecule has 13 heteroatoms. The number of anilines is 1. The van der Waals surface area contributed by atoms with Gasteiger partial charge in [-0.2, -0.15) is 18.0 Å². The molecule has 1 atom stereocenters. The maximum atomic E-state index is 15.0. The van der Waals surface area contributed by atoms with Gasteiger partial charge in [-0.3, -0.25) is 14.5 Å². The summed E-state index contributed by atoms with van der Waals surface area (Å²) in [6, 6.07) is 13.0. The molecule has 1 heterocycles. The summed E-state index contributed by atoms with van der Waals surface area (Å²) >= 11 is 0. The van der Waals surface area contributed by atoms with Gasteiger partial charge in [-0.15, -0.1) is 10.2 Å². The van der Waals surface area contributed by atoms with Crippen LogP contribution in [0, 0.1) is 11.6 Å². The average molecular weight is 556 g/mol. The summed E-state index contributed by atoms with van der Waals surface area (Å²) in [7, 11) is 0. The van der Waals surface area contributed by atoms with Gasteiger partial charge >= 0.3 is 6.18 Å². The molecule has 0 saturated heterocycles. The molecule has 0 spiro atoms. The predicted molar refractivity (Wildman–Crippen MR) is 132 cm³/mol. The largest absolute Gasteiger partial charge is 0.416 e. The molecule has 0 aliphatic heterocycles. The fourth-order valence-electron chi connectivity index (χ4n) is 4.07. The Kier molecular flexibility index (Phi) is 7.28. The summed E-state index contributed by atoms with van der Waals surface area (Å²) < 4.78 is 67.4. The Morgan fingerprint density at radius 3 is 2.27 bits per heavy atom. The zero-order valence-corrected chi connectivity index (χ0v) is 20.6. The van der Waals surface area contributed by atoms with Crippen LogP contribution in [0.1, 0.15) is 30.0 Å². The number of hydrogen-bond acceptors (Lipinski definition) is 5. The number of alkyl halides is 3. The highest BCUT2D eigenvalue weighted by Gasteiger charge is 2.37. The van der Waals surface area contributed by atoms with Crippen LogP contribution in [-0.4, -0.2) is 38.1 Å². The molecule has 40 heavy (non-hydrogen) atoms. The fourth-order valence-corrected chi connectivity index (χ4v) is 4.07. The lowest BCUT2D eigenvalue weighted by molar-refractivity contribution is -0.137. The van der Waals surface area contributed by atoms with E-state index in [9.17, 15) is 27.2 Å². The third-order valence-electron chi connectivity index (χ3n) is 6.20. The third kappa shape index (κ3) is 5.98. The highest BCUT2D eigenvalue weighted by Crippen LogP contribution is 2.32. The van der Waals surface area contributed by atoms with Crippen LogP contribution in [0.4, 0.5) is 27.6 Å². The first-order chi connectivity index (χ1) is 19.1. The van der Waals surface area contributed by atoms with Crippen molar-refractivity contribution < 1.29 is 31.5 Å². The van der Waals surface area contributed by atoms with Crippen molar-refractivity contribution in [3.05, 3.63) is 95.6 Å². The van der Waals surface area contributed by atoms with Crippen LogP contribution in [0.2, 0.25) is 0 Å². The van der Waals surface area contributed by atoms with Crippen LogP contribution in [0.5, 0.6) is 0 Å². The zero-order valence-electron chi connectivity index (χ0n) is 20.6. The van der Waals surface area contributed by atoms with Crippen LogP contribution in [0.25, 0.3) is 11.4 Å². The number of tetrazole rings is 1. The van der Waals surface area contributed by atoms with Crippen molar-refractivity contribution in [3.63, 3.8) is 0 Å². The molecule has 2 amide bonds. The van der Waals surface area contributed by atoms with Crippen molar-refractivity contribution in [1.29, 1.82) is 0 Å². The quantitative estimate of drug-likeness (QED) is 0.318. The van der Waals surface area contributed by atoms with E-state index in [-0.39, 0.29) is 28.7 Å². The molecule has 206 valence electrons. The zero-order chi connectivity index (χ0) is 28.4. The second kappa shape index (κ2) is 10.8. The van der Waals surface area contributed by atoms with Gasteiger partial charge in [-0.25, -0.2) is 8.78 Å². The number of carbonyl (C=O) groups is 2. The monoisotopic (exact) mass is 556 g/mol. The summed E-state index contributed by atoms with van der Waals surface area (Å²) in [5, 5.41) is 14.5. The lowest BCUT2D eigenvalue weighted by Gasteiger charge is -2.31. The molecule has 1 aliphatic rings. The second-order valence-electron chi connectivity index (χ2n) is 9.17. The summed E-state index contributed by atoms with van der Waals surface area (Å²) in [4.78, 5) is 29.0. The van der Waals surface area contributed by atoms with Crippen LogP contribution in [0.15, 0.2) is 72.8 Å². The number of benzene rings is 3. The van der Waals surface area contributed by atoms with Crippen LogP contribution < -0.4 is 10.2 Å². The predicted octanol–water partition coefficient (Wildman–Crippen LogP) is 4.69. The molecule has 0 bridgehead atoms. The third-order valence-corrected chi connectivity index (χ3v) is 6.20. The van der Waals surface area contributed by atoms with Crippen LogP contribution in [0.3, 0.4) is 0 Å². The van der Waals surface area contributed by atoms with Crippen molar-refractivity contribution >= 4 is 17.5 Å². The van der Waals surface area contributed by atoms with Crippen molar-refractivity contribution in [1.82, 2.24) is 25.5 Å². The molecule has 1 N–H and O–H groups in total. The number of nitrogens with zero attached hydrogens (tertiary/aromatic N) is 5. The number of para-hydroxylation sites is 1. The van der Waals surface area contributed by atoms with Gasteiger partial charge in [-0.05, 0) is 60.0 Å². The minimum atomic E-state index is -4.51. The van der Waals surface area contributed by atoms with E-state index in [1.54, 1.807) is 0 Å². The Morgan fingerprint density at radius 2 is 1.65 bits per heavy atom. The lowest BCUT2D eigenvalue weighted by Crippen LogP contribution is -2.46. The normalized spacial score (nSPS) is 14.0. The highest BCUT2D eigenvalue weighted by atomic mass is 19.4. The molecular weight excluding hydrogens is 535 g/mol. The number of nitrogens with one attached hydrogen (secondary N) is 1. The highest BCUT2D eigenvalue weighted by molar-refractivity contribution is 6.01. The molecule has 0 radical (unpaired) electrons. The van der Waals surface area contributed by atoms with Crippen molar-refractivity contribution in [2.24, 2.45) is 0 Å². The molecule has 1 saturated carbocycles. The van der Waals surface area contributed by atoms with Crippen LogP contribution in [-0.2, 0) is 22.3 Å². The molecule has 1 fully saturated rings. The van der Waals surface area contributed by atoms with Gasteiger partial charge < -0.3 is 5.32 Å². The van der Waals surface area contributed by atoms with E-state index in [1.807, 2.05) is 0 Å². The van der Waals surface area contributed by atoms with Crippen LogP contribution >= 0.6 is 0 Å². The van der Waals surface area contributed by atoms with Gasteiger partial charge in [0, 0.05) is 11.6 Å². The Morgan fingerprint density at radius 1 is 0.975 bits per heavy atom. The summed E-state index contributed by atoms with van der Waals surface area (Å²) in [5.74, 6) is -2.75. The fraction of sp³-hybridized carbons (Fsp3) is 0.222. The smallest absolute Gasteiger partial charge is 0.351 e. The summed E-state index contributed by atoms with van der Waals surface area (Å²) in [5.41, 5.74) is -0.578. The first-order valence-corrected chi connectivity index (χ1v) is 12.2. The molecule has 5 rings (SSSR count). The van der Waals surface area contributed by atoms with E-state index >= 15 is 4.39 Å². The molecule has 3 aromatic carbocycles. The van der Waals surface area contributed by atoms with Gasteiger partial charge in [0.1, 0.15) is 24.2 Å².